The van der Waals surface area contributed by atoms with Gasteiger partial charge in [-0.25, -0.2) is 13.1 Å². The van der Waals surface area contributed by atoms with Gasteiger partial charge < -0.3 is 0 Å². The number of halogens is 3. The molecule has 0 amide bonds. The molecule has 0 aliphatic carbocycles. The van der Waals surface area contributed by atoms with Crippen LogP contribution in [-0.4, -0.2) is 18.2 Å². The van der Waals surface area contributed by atoms with Gasteiger partial charge in [-0.2, -0.15) is 5.10 Å². The molecule has 0 aliphatic rings. The Hall–Kier alpha value is -0.560. The maximum absolute atomic E-state index is 11.6. The fourth-order valence-corrected chi connectivity index (χ4v) is 4.14. The van der Waals surface area contributed by atoms with Crippen LogP contribution in [0.25, 0.3) is 0 Å². The molecule has 20 heavy (non-hydrogen) atoms. The van der Waals surface area contributed by atoms with Gasteiger partial charge in [-0.1, -0.05) is 52.7 Å². The molecule has 1 heterocycles. The lowest BCUT2D eigenvalue weighted by molar-refractivity contribution is 0.608. The van der Waals surface area contributed by atoms with Crippen LogP contribution in [0.2, 0.25) is 5.15 Å². The molecule has 0 aliphatic heterocycles. The van der Waals surface area contributed by atoms with Crippen molar-refractivity contribution in [3.63, 3.8) is 0 Å². The number of benzene rings is 1. The predicted molar refractivity (Wildman–Crippen MR) is 82.9 cm³/mol. The van der Waals surface area contributed by atoms with E-state index in [4.69, 9.17) is 22.3 Å². The van der Waals surface area contributed by atoms with Crippen molar-refractivity contribution in [2.75, 3.05) is 0 Å². The van der Waals surface area contributed by atoms with Crippen molar-refractivity contribution in [3.8, 4) is 0 Å². The third-order valence-electron chi connectivity index (χ3n) is 2.77. The summed E-state index contributed by atoms with van der Waals surface area (Å²) in [6.07, 6.45) is 0.434. The molecule has 0 saturated carbocycles. The monoisotopic (exact) mass is 396 g/mol. The summed E-state index contributed by atoms with van der Waals surface area (Å²) >= 11 is 9.55. The Bertz CT molecular complexity index is 744. The van der Waals surface area contributed by atoms with Gasteiger partial charge in [-0.3, -0.25) is 0 Å². The molecule has 0 radical (unpaired) electrons. The third-order valence-corrected chi connectivity index (χ3v) is 5.42. The molecule has 2 aromatic rings. The van der Waals surface area contributed by atoms with Crippen LogP contribution in [0.15, 0.2) is 33.6 Å². The van der Waals surface area contributed by atoms with Gasteiger partial charge in [0.25, 0.3) is 9.05 Å². The largest absolute Gasteiger partial charge is 0.266 e. The molecule has 0 atom stereocenters. The molecule has 1 aromatic carbocycles. The Balaban J connectivity index is 2.50. The fraction of sp³-hybridized carbons (Fsp3) is 0.250. The van der Waals surface area contributed by atoms with Gasteiger partial charge in [0.2, 0.25) is 0 Å². The van der Waals surface area contributed by atoms with Gasteiger partial charge in [0, 0.05) is 15.2 Å². The number of rotatable bonds is 4. The smallest absolute Gasteiger partial charge is 0.248 e. The van der Waals surface area contributed by atoms with Gasteiger partial charge >= 0.3 is 0 Å². The van der Waals surface area contributed by atoms with Crippen molar-refractivity contribution in [2.24, 2.45) is 0 Å². The molecule has 108 valence electrons. The lowest BCUT2D eigenvalue weighted by Crippen LogP contribution is -2.03. The fourth-order valence-electron chi connectivity index (χ4n) is 1.84. The SMILES string of the molecule is CCc1nn(Cc2ccccc2Br)c(Cl)c1S(=O)(=O)Cl. The van der Waals surface area contributed by atoms with E-state index in [1.54, 1.807) is 6.92 Å². The van der Waals surface area contributed by atoms with E-state index >= 15 is 0 Å². The summed E-state index contributed by atoms with van der Waals surface area (Å²) in [5.41, 5.74) is 1.31. The topological polar surface area (TPSA) is 52.0 Å². The van der Waals surface area contributed by atoms with Crippen LogP contribution < -0.4 is 0 Å². The van der Waals surface area contributed by atoms with Crippen molar-refractivity contribution >= 4 is 47.3 Å². The number of hydrogen-bond acceptors (Lipinski definition) is 3. The van der Waals surface area contributed by atoms with Crippen molar-refractivity contribution < 1.29 is 8.42 Å². The van der Waals surface area contributed by atoms with Gasteiger partial charge in [-0.15, -0.1) is 0 Å². The average Bonchev–Trinajstić information content (AvgIpc) is 2.69. The highest BCUT2D eigenvalue weighted by Gasteiger charge is 2.25. The Morgan fingerprint density at radius 1 is 1.35 bits per heavy atom. The van der Waals surface area contributed by atoms with Gasteiger partial charge in [0.05, 0.1) is 12.2 Å². The van der Waals surface area contributed by atoms with Crippen molar-refractivity contribution in [1.82, 2.24) is 9.78 Å². The third kappa shape index (κ3) is 3.19. The van der Waals surface area contributed by atoms with Crippen LogP contribution in [0, 0.1) is 0 Å². The van der Waals surface area contributed by atoms with Crippen LogP contribution >= 0.6 is 38.2 Å². The minimum Gasteiger partial charge on any atom is -0.248 e. The number of hydrogen-bond donors (Lipinski definition) is 0. The first-order chi connectivity index (χ1) is 9.34. The van der Waals surface area contributed by atoms with Crippen LogP contribution in [0.3, 0.4) is 0 Å². The highest BCUT2D eigenvalue weighted by Crippen LogP contribution is 2.30. The normalized spacial score (nSPS) is 11.8. The lowest BCUT2D eigenvalue weighted by atomic mass is 10.2. The summed E-state index contributed by atoms with van der Waals surface area (Å²) in [5, 5.41) is 4.27. The molecule has 0 bridgehead atoms. The van der Waals surface area contributed by atoms with E-state index in [0.29, 0.717) is 18.7 Å². The van der Waals surface area contributed by atoms with Crippen LogP contribution in [0.1, 0.15) is 18.2 Å². The first-order valence-corrected chi connectivity index (χ1v) is 9.26. The summed E-state index contributed by atoms with van der Waals surface area (Å²) in [4.78, 5) is -0.101. The van der Waals surface area contributed by atoms with Crippen LogP contribution in [-0.2, 0) is 22.0 Å². The minimum atomic E-state index is -3.91. The Morgan fingerprint density at radius 2 is 2.00 bits per heavy atom. The van der Waals surface area contributed by atoms with E-state index in [1.165, 1.54) is 4.68 Å². The van der Waals surface area contributed by atoms with E-state index in [2.05, 4.69) is 21.0 Å². The second kappa shape index (κ2) is 6.05. The first kappa shape index (κ1) is 15.8. The summed E-state index contributed by atoms with van der Waals surface area (Å²) in [6.45, 7) is 2.16. The van der Waals surface area contributed by atoms with Crippen LogP contribution in [0.4, 0.5) is 0 Å². The molecule has 0 spiro atoms. The van der Waals surface area contributed by atoms with Gasteiger partial charge in [0.1, 0.15) is 10.0 Å². The summed E-state index contributed by atoms with van der Waals surface area (Å²) < 4.78 is 25.5. The molecule has 0 N–H and O–H groups in total. The quantitative estimate of drug-likeness (QED) is 0.736. The second-order valence-electron chi connectivity index (χ2n) is 4.11. The molecule has 0 saturated heterocycles. The summed E-state index contributed by atoms with van der Waals surface area (Å²) in [6, 6.07) is 7.58. The Labute approximate surface area is 135 Å². The summed E-state index contributed by atoms with van der Waals surface area (Å²) in [7, 11) is 1.51. The maximum atomic E-state index is 11.6. The number of nitrogens with zero attached hydrogens (tertiary/aromatic N) is 2. The van der Waals surface area contributed by atoms with Gasteiger partial charge in [0.15, 0.2) is 0 Å². The zero-order valence-corrected chi connectivity index (χ0v) is 14.4. The second-order valence-corrected chi connectivity index (χ2v) is 7.82. The van der Waals surface area contributed by atoms with E-state index in [-0.39, 0.29) is 10.0 Å². The number of aromatic nitrogens is 2. The minimum absolute atomic E-state index is 0.0348. The highest BCUT2D eigenvalue weighted by atomic mass is 79.9. The van der Waals surface area contributed by atoms with E-state index in [1.807, 2.05) is 24.3 Å². The lowest BCUT2D eigenvalue weighted by Gasteiger charge is -2.05. The van der Waals surface area contributed by atoms with E-state index in [9.17, 15) is 8.42 Å². The molecule has 8 heteroatoms. The average molecular weight is 398 g/mol. The van der Waals surface area contributed by atoms with Gasteiger partial charge in [-0.05, 0) is 18.1 Å². The zero-order chi connectivity index (χ0) is 14.9. The van der Waals surface area contributed by atoms with Crippen LogP contribution in [0.5, 0.6) is 0 Å². The Morgan fingerprint density at radius 3 is 2.50 bits per heavy atom. The molecule has 2 rings (SSSR count). The standard InChI is InChI=1S/C12H11BrCl2N2O2S/c1-2-10-11(20(15,18)19)12(14)17(16-10)7-8-5-3-4-6-9(8)13/h3-6H,2,7H2,1H3. The molecular weight excluding hydrogens is 387 g/mol. The van der Waals surface area contributed by atoms with Crippen molar-refractivity contribution in [2.45, 2.75) is 24.8 Å². The maximum Gasteiger partial charge on any atom is 0.266 e. The van der Waals surface area contributed by atoms with E-state index < -0.39 is 9.05 Å². The first-order valence-electron chi connectivity index (χ1n) is 5.77. The Kier molecular flexibility index (Phi) is 4.79. The predicted octanol–water partition coefficient (Wildman–Crippen LogP) is 3.84. The molecule has 0 unspecified atom stereocenters. The molecule has 4 nitrogen and oxygen atoms in total. The van der Waals surface area contributed by atoms with E-state index in [0.717, 1.165) is 10.0 Å². The summed E-state index contributed by atoms with van der Waals surface area (Å²) in [5.74, 6) is 0. The molecule has 0 fully saturated rings. The molecule has 1 aromatic heterocycles. The number of aryl methyl sites for hydroxylation is 1. The zero-order valence-electron chi connectivity index (χ0n) is 10.5. The van der Waals surface area contributed by atoms with Crippen molar-refractivity contribution in [1.29, 1.82) is 0 Å². The highest BCUT2D eigenvalue weighted by molar-refractivity contribution is 9.10. The van der Waals surface area contributed by atoms with Crippen molar-refractivity contribution in [3.05, 3.63) is 45.1 Å². The molecular formula is C12H11BrCl2N2O2S.